The zero-order valence-corrected chi connectivity index (χ0v) is 30.0. The van der Waals surface area contributed by atoms with E-state index in [0.717, 1.165) is 95.1 Å². The van der Waals surface area contributed by atoms with Crippen molar-refractivity contribution in [3.05, 3.63) is 72.8 Å². The van der Waals surface area contributed by atoms with E-state index < -0.39 is 15.8 Å². The van der Waals surface area contributed by atoms with Gasteiger partial charge in [0.15, 0.2) is 22.1 Å². The standard InChI is InChI=1S/C40H44N4O4P2/c45-37(29-13-5-21-41-29)49(38(46)30-14-6-22-42-30)33-19-17-25-9-1-3-11-27(25)35(33)36-28-12-4-2-10-26(28)18-20-34(36)50(39(47)31-15-7-23-43-31)40(48)32-16-8-24-44-32/h1-4,9-12,17-20,29-32,41-44H,5-8,13-16,21-24H2. The molecule has 4 saturated heterocycles. The van der Waals surface area contributed by atoms with Gasteiger partial charge in [-0.3, -0.25) is 19.2 Å². The van der Waals surface area contributed by atoms with E-state index >= 15 is 0 Å². The van der Waals surface area contributed by atoms with Crippen LogP contribution in [0.5, 0.6) is 0 Å². The van der Waals surface area contributed by atoms with Crippen LogP contribution < -0.4 is 31.9 Å². The minimum Gasteiger partial charge on any atom is -0.307 e. The van der Waals surface area contributed by atoms with Gasteiger partial charge < -0.3 is 21.3 Å². The minimum atomic E-state index is -1.94. The van der Waals surface area contributed by atoms with E-state index in [0.29, 0.717) is 25.7 Å². The smallest absolute Gasteiger partial charge is 0.183 e. The number of benzene rings is 4. The second-order valence-electron chi connectivity index (χ2n) is 14.0. The summed E-state index contributed by atoms with van der Waals surface area (Å²) in [5.74, 6) is 0. The Bertz CT molecular complexity index is 1760. The highest BCUT2D eigenvalue weighted by Gasteiger charge is 2.43. The molecule has 0 saturated carbocycles. The van der Waals surface area contributed by atoms with Gasteiger partial charge in [-0.2, -0.15) is 0 Å². The van der Waals surface area contributed by atoms with Gasteiger partial charge in [0.1, 0.15) is 0 Å². The third-order valence-corrected chi connectivity index (χ3v) is 15.6. The van der Waals surface area contributed by atoms with Crippen molar-refractivity contribution in [3.8, 4) is 11.1 Å². The second kappa shape index (κ2) is 14.8. The Labute approximate surface area is 295 Å². The summed E-state index contributed by atoms with van der Waals surface area (Å²) in [6, 6.07) is 22.8. The van der Waals surface area contributed by atoms with Crippen molar-refractivity contribution in [1.29, 1.82) is 0 Å². The summed E-state index contributed by atoms with van der Waals surface area (Å²) < 4.78 is 0. The van der Waals surface area contributed by atoms with E-state index in [1.54, 1.807) is 0 Å². The average Bonchev–Trinajstić information content (AvgIpc) is 4.00. The third kappa shape index (κ3) is 6.29. The summed E-state index contributed by atoms with van der Waals surface area (Å²) in [6.45, 7) is 3.03. The Morgan fingerprint density at radius 2 is 0.760 bits per heavy atom. The third-order valence-electron chi connectivity index (χ3n) is 10.9. The quantitative estimate of drug-likeness (QED) is 0.162. The first-order valence-electron chi connectivity index (χ1n) is 18.2. The number of carbonyl (C=O) groups excluding carboxylic acids is 4. The molecule has 10 heteroatoms. The van der Waals surface area contributed by atoms with Gasteiger partial charge in [0.25, 0.3) is 0 Å². The minimum absolute atomic E-state index is 0.0331. The molecule has 4 aliphatic rings. The van der Waals surface area contributed by atoms with Crippen molar-refractivity contribution in [1.82, 2.24) is 21.3 Å². The molecule has 4 aromatic rings. The largest absolute Gasteiger partial charge is 0.307 e. The normalized spacial score (nSPS) is 24.9. The Hall–Kier alpha value is -3.22. The van der Waals surface area contributed by atoms with Crippen LogP contribution in [0.25, 0.3) is 32.7 Å². The number of fused-ring (bicyclic) bond motifs is 2. The summed E-state index contributed by atoms with van der Waals surface area (Å²) in [5, 5.41) is 18.8. The lowest BCUT2D eigenvalue weighted by Gasteiger charge is -2.29. The Morgan fingerprint density at radius 3 is 1.06 bits per heavy atom. The summed E-state index contributed by atoms with van der Waals surface area (Å²) in [5.41, 5.74) is 1.49. The van der Waals surface area contributed by atoms with E-state index in [1.807, 2.05) is 48.5 Å². The fourth-order valence-electron chi connectivity index (χ4n) is 8.31. The van der Waals surface area contributed by atoms with Crippen molar-refractivity contribution in [2.45, 2.75) is 75.5 Å². The summed E-state index contributed by atoms with van der Waals surface area (Å²) in [4.78, 5) is 58.8. The maximum absolute atomic E-state index is 14.7. The zero-order chi connectivity index (χ0) is 34.2. The molecular formula is C40H44N4O4P2. The molecule has 0 bridgehead atoms. The van der Waals surface area contributed by atoms with Gasteiger partial charge in [-0.25, -0.2) is 0 Å². The van der Waals surface area contributed by atoms with Crippen LogP contribution >= 0.6 is 15.8 Å². The van der Waals surface area contributed by atoms with Crippen LogP contribution in [0, 0.1) is 0 Å². The molecule has 50 heavy (non-hydrogen) atoms. The predicted molar refractivity (Wildman–Crippen MR) is 204 cm³/mol. The van der Waals surface area contributed by atoms with E-state index in [-0.39, 0.29) is 46.3 Å². The van der Waals surface area contributed by atoms with Gasteiger partial charge in [-0.15, -0.1) is 0 Å². The molecule has 0 aliphatic carbocycles. The first-order valence-corrected chi connectivity index (χ1v) is 20.9. The maximum atomic E-state index is 14.7. The molecule has 8 nitrogen and oxygen atoms in total. The summed E-state index contributed by atoms with van der Waals surface area (Å²) in [7, 11) is -3.89. The molecule has 0 aromatic heterocycles. The van der Waals surface area contributed by atoms with Crippen LogP contribution in [0.15, 0.2) is 72.8 Å². The lowest BCUT2D eigenvalue weighted by atomic mass is 9.93. The molecule has 4 atom stereocenters. The van der Waals surface area contributed by atoms with E-state index in [4.69, 9.17) is 0 Å². The molecule has 0 amide bonds. The molecule has 0 radical (unpaired) electrons. The van der Waals surface area contributed by atoms with Gasteiger partial charge in [0, 0.05) is 0 Å². The average molecular weight is 707 g/mol. The molecule has 8 rings (SSSR count). The van der Waals surface area contributed by atoms with Crippen molar-refractivity contribution >= 4 is 70.1 Å². The molecule has 4 heterocycles. The first kappa shape index (κ1) is 33.9. The van der Waals surface area contributed by atoms with Gasteiger partial charge >= 0.3 is 0 Å². The van der Waals surface area contributed by atoms with E-state index in [1.165, 1.54) is 0 Å². The fraction of sp³-hybridized carbons (Fsp3) is 0.400. The predicted octanol–water partition coefficient (Wildman–Crippen LogP) is 4.99. The molecule has 4 aliphatic heterocycles. The number of hydrogen-bond acceptors (Lipinski definition) is 8. The van der Waals surface area contributed by atoms with Crippen LogP contribution in [0.4, 0.5) is 0 Å². The topological polar surface area (TPSA) is 116 Å². The number of hydrogen-bond donors (Lipinski definition) is 4. The van der Waals surface area contributed by atoms with E-state index in [9.17, 15) is 19.2 Å². The SMILES string of the molecule is O=C(C1CCCN1)P(C(=O)C1CCCN1)c1ccc2ccccc2c1-c1c(P(C(=O)C2CCCN2)C(=O)C2CCCN2)ccc2ccccc12. The van der Waals surface area contributed by atoms with Crippen LogP contribution in [0.1, 0.15) is 51.4 Å². The summed E-state index contributed by atoms with van der Waals surface area (Å²) in [6.07, 6.45) is 6.42. The van der Waals surface area contributed by atoms with Crippen LogP contribution in [-0.2, 0) is 19.2 Å². The Kier molecular flexibility index (Phi) is 10.0. The first-order chi connectivity index (χ1) is 24.5. The number of nitrogens with one attached hydrogen (secondary N) is 4. The zero-order valence-electron chi connectivity index (χ0n) is 28.3. The number of rotatable bonds is 11. The van der Waals surface area contributed by atoms with Crippen molar-refractivity contribution in [2.75, 3.05) is 26.2 Å². The summed E-state index contributed by atoms with van der Waals surface area (Å²) >= 11 is 0. The van der Waals surface area contributed by atoms with Crippen LogP contribution in [0.2, 0.25) is 0 Å². The molecule has 0 spiro atoms. The molecular weight excluding hydrogens is 662 g/mol. The van der Waals surface area contributed by atoms with Gasteiger partial charge in [-0.05, 0) is 121 Å². The lowest BCUT2D eigenvalue weighted by Crippen LogP contribution is -2.39. The van der Waals surface area contributed by atoms with Crippen molar-refractivity contribution in [2.24, 2.45) is 0 Å². The highest BCUT2D eigenvalue weighted by Crippen LogP contribution is 2.50. The Morgan fingerprint density at radius 1 is 0.440 bits per heavy atom. The van der Waals surface area contributed by atoms with Crippen LogP contribution in [0.3, 0.4) is 0 Å². The monoisotopic (exact) mass is 706 g/mol. The van der Waals surface area contributed by atoms with Gasteiger partial charge in [-0.1, -0.05) is 72.8 Å². The fourth-order valence-corrected chi connectivity index (χ4v) is 13.2. The van der Waals surface area contributed by atoms with Crippen molar-refractivity contribution in [3.63, 3.8) is 0 Å². The molecule has 4 aromatic carbocycles. The van der Waals surface area contributed by atoms with Gasteiger partial charge in [0.2, 0.25) is 0 Å². The molecule has 4 N–H and O–H groups in total. The molecule has 4 unspecified atom stereocenters. The number of carbonyl (C=O) groups is 4. The Balaban J connectivity index is 1.42. The van der Waals surface area contributed by atoms with E-state index in [2.05, 4.69) is 45.5 Å². The molecule has 4 fully saturated rings. The highest BCUT2D eigenvalue weighted by atomic mass is 31.1. The molecule has 258 valence electrons. The lowest BCUT2D eigenvalue weighted by molar-refractivity contribution is -0.117. The van der Waals surface area contributed by atoms with Crippen LogP contribution in [-0.4, -0.2) is 72.4 Å². The van der Waals surface area contributed by atoms with Gasteiger partial charge in [0.05, 0.1) is 40.0 Å². The van der Waals surface area contributed by atoms with Crippen molar-refractivity contribution < 1.29 is 19.2 Å². The second-order valence-corrected chi connectivity index (χ2v) is 18.0. The highest BCUT2D eigenvalue weighted by molar-refractivity contribution is 7.96. The maximum Gasteiger partial charge on any atom is 0.183 e.